The zero-order valence-electron chi connectivity index (χ0n) is 15.0. The summed E-state index contributed by atoms with van der Waals surface area (Å²) in [6.07, 6.45) is 5.36. The van der Waals surface area contributed by atoms with E-state index in [1.807, 2.05) is 36.4 Å². The fraction of sp³-hybridized carbons (Fsp3) is 0.381. The van der Waals surface area contributed by atoms with Crippen LogP contribution in [0.15, 0.2) is 48.5 Å². The van der Waals surface area contributed by atoms with Gasteiger partial charge in [-0.2, -0.15) is 0 Å². The standard InChI is InChI=1S/C21H23ClN2O3/c22-15-1-5-17(6-2-15)26-18-7-3-16(4-8-18)24-21(25)23-12-11-14-13-19-9-10-20(14)27-19/h1-8,14,19-20H,9-13H2,(H2,23,24,25). The number of anilines is 1. The first-order valence-corrected chi connectivity index (χ1v) is 9.77. The van der Waals surface area contributed by atoms with E-state index >= 15 is 0 Å². The lowest BCUT2D eigenvalue weighted by molar-refractivity contribution is 0.0914. The molecule has 4 rings (SSSR count). The first-order valence-electron chi connectivity index (χ1n) is 9.39. The molecule has 2 aliphatic rings. The second kappa shape index (κ2) is 8.19. The lowest BCUT2D eigenvalue weighted by atomic mass is 9.87. The highest BCUT2D eigenvalue weighted by atomic mass is 35.5. The molecule has 27 heavy (non-hydrogen) atoms. The Bertz CT molecular complexity index is 779. The summed E-state index contributed by atoms with van der Waals surface area (Å²) in [4.78, 5) is 12.1. The van der Waals surface area contributed by atoms with Gasteiger partial charge in [0.05, 0.1) is 12.2 Å². The van der Waals surface area contributed by atoms with E-state index in [9.17, 15) is 4.79 Å². The van der Waals surface area contributed by atoms with Crippen LogP contribution in [0.1, 0.15) is 25.7 Å². The molecule has 0 spiro atoms. The molecule has 0 radical (unpaired) electrons. The summed E-state index contributed by atoms with van der Waals surface area (Å²) in [6, 6.07) is 14.2. The predicted molar refractivity (Wildman–Crippen MR) is 106 cm³/mol. The van der Waals surface area contributed by atoms with Crippen molar-refractivity contribution in [3.05, 3.63) is 53.6 Å². The number of hydrogen-bond acceptors (Lipinski definition) is 3. The van der Waals surface area contributed by atoms with Crippen molar-refractivity contribution in [3.8, 4) is 11.5 Å². The molecule has 0 aromatic heterocycles. The van der Waals surface area contributed by atoms with E-state index in [4.69, 9.17) is 21.1 Å². The summed E-state index contributed by atoms with van der Waals surface area (Å²) >= 11 is 5.87. The molecule has 2 aromatic rings. The SMILES string of the molecule is O=C(NCCC1CC2CCC1O2)Nc1ccc(Oc2ccc(Cl)cc2)cc1. The summed E-state index contributed by atoms with van der Waals surface area (Å²) in [5.74, 6) is 2.00. The van der Waals surface area contributed by atoms with Gasteiger partial charge in [-0.25, -0.2) is 4.79 Å². The summed E-state index contributed by atoms with van der Waals surface area (Å²) in [7, 11) is 0. The average Bonchev–Trinajstić information content (AvgIpc) is 3.28. The van der Waals surface area contributed by atoms with Gasteiger partial charge in [0.2, 0.25) is 0 Å². The second-order valence-corrected chi connectivity index (χ2v) is 7.56. The van der Waals surface area contributed by atoms with Crippen LogP contribution in [0.2, 0.25) is 5.02 Å². The smallest absolute Gasteiger partial charge is 0.319 e. The van der Waals surface area contributed by atoms with Crippen molar-refractivity contribution >= 4 is 23.3 Å². The van der Waals surface area contributed by atoms with Gasteiger partial charge in [-0.3, -0.25) is 0 Å². The van der Waals surface area contributed by atoms with Crippen LogP contribution in [0.3, 0.4) is 0 Å². The van der Waals surface area contributed by atoms with E-state index < -0.39 is 0 Å². The molecule has 2 amide bonds. The van der Waals surface area contributed by atoms with Crippen LogP contribution in [0.4, 0.5) is 10.5 Å². The molecule has 6 heteroatoms. The summed E-state index contributed by atoms with van der Waals surface area (Å²) in [5, 5.41) is 6.44. The van der Waals surface area contributed by atoms with Crippen LogP contribution < -0.4 is 15.4 Å². The highest BCUT2D eigenvalue weighted by molar-refractivity contribution is 6.30. The average molecular weight is 387 g/mol. The monoisotopic (exact) mass is 386 g/mol. The van der Waals surface area contributed by atoms with Gasteiger partial charge in [-0.15, -0.1) is 0 Å². The maximum atomic E-state index is 12.1. The van der Waals surface area contributed by atoms with Gasteiger partial charge in [0, 0.05) is 17.3 Å². The van der Waals surface area contributed by atoms with Crippen LogP contribution >= 0.6 is 11.6 Å². The Morgan fingerprint density at radius 3 is 2.41 bits per heavy atom. The molecule has 2 N–H and O–H groups in total. The lowest BCUT2D eigenvalue weighted by Crippen LogP contribution is -2.31. The van der Waals surface area contributed by atoms with E-state index in [0.717, 1.165) is 18.5 Å². The van der Waals surface area contributed by atoms with Crippen molar-refractivity contribution in [2.75, 3.05) is 11.9 Å². The number of rotatable bonds is 6. The zero-order chi connectivity index (χ0) is 18.6. The molecule has 2 aromatic carbocycles. The maximum Gasteiger partial charge on any atom is 0.319 e. The van der Waals surface area contributed by atoms with Crippen LogP contribution in [-0.2, 0) is 4.74 Å². The molecule has 2 heterocycles. The number of carbonyl (C=O) groups is 1. The van der Waals surface area contributed by atoms with Gasteiger partial charge in [0.1, 0.15) is 11.5 Å². The van der Waals surface area contributed by atoms with Gasteiger partial charge in [-0.05, 0) is 80.1 Å². The first kappa shape index (κ1) is 18.1. The Kier molecular flexibility index (Phi) is 5.50. The van der Waals surface area contributed by atoms with Crippen molar-refractivity contribution < 1.29 is 14.3 Å². The quantitative estimate of drug-likeness (QED) is 0.716. The minimum absolute atomic E-state index is 0.189. The van der Waals surface area contributed by atoms with E-state index in [0.29, 0.717) is 41.2 Å². The molecule has 2 saturated heterocycles. The van der Waals surface area contributed by atoms with Crippen LogP contribution in [-0.4, -0.2) is 24.8 Å². The Morgan fingerprint density at radius 2 is 1.78 bits per heavy atom. The summed E-state index contributed by atoms with van der Waals surface area (Å²) in [5.41, 5.74) is 0.721. The number of urea groups is 1. The molecule has 2 bridgehead atoms. The summed E-state index contributed by atoms with van der Waals surface area (Å²) < 4.78 is 11.6. The van der Waals surface area contributed by atoms with Gasteiger partial charge in [0.15, 0.2) is 0 Å². The van der Waals surface area contributed by atoms with Gasteiger partial charge >= 0.3 is 6.03 Å². The Balaban J connectivity index is 1.20. The Labute approximate surface area is 164 Å². The van der Waals surface area contributed by atoms with Crippen LogP contribution in [0, 0.1) is 5.92 Å². The molecule has 0 aliphatic carbocycles. The Hall–Kier alpha value is -2.24. The van der Waals surface area contributed by atoms with Crippen LogP contribution in [0.25, 0.3) is 0 Å². The van der Waals surface area contributed by atoms with Gasteiger partial charge < -0.3 is 20.1 Å². The maximum absolute atomic E-state index is 12.1. The van der Waals surface area contributed by atoms with Crippen molar-refractivity contribution in [1.29, 1.82) is 0 Å². The molecule has 0 saturated carbocycles. The highest BCUT2D eigenvalue weighted by Gasteiger charge is 2.40. The second-order valence-electron chi connectivity index (χ2n) is 7.12. The minimum Gasteiger partial charge on any atom is -0.457 e. The highest BCUT2D eigenvalue weighted by Crippen LogP contribution is 2.40. The molecule has 3 atom stereocenters. The third-order valence-electron chi connectivity index (χ3n) is 5.19. The molecule has 5 nitrogen and oxygen atoms in total. The summed E-state index contributed by atoms with van der Waals surface area (Å²) in [6.45, 7) is 0.668. The molecule has 142 valence electrons. The fourth-order valence-electron chi connectivity index (χ4n) is 3.84. The van der Waals surface area contributed by atoms with Crippen LogP contribution in [0.5, 0.6) is 11.5 Å². The number of hydrogen-bond donors (Lipinski definition) is 2. The van der Waals surface area contributed by atoms with E-state index in [1.165, 1.54) is 12.8 Å². The number of ether oxygens (including phenoxy) is 2. The van der Waals surface area contributed by atoms with Crippen molar-refractivity contribution in [1.82, 2.24) is 5.32 Å². The number of carbonyl (C=O) groups excluding carboxylic acids is 1. The topological polar surface area (TPSA) is 59.6 Å². The van der Waals surface area contributed by atoms with Crippen molar-refractivity contribution in [2.24, 2.45) is 5.92 Å². The van der Waals surface area contributed by atoms with E-state index in [1.54, 1.807) is 12.1 Å². The zero-order valence-corrected chi connectivity index (χ0v) is 15.7. The number of halogens is 1. The van der Waals surface area contributed by atoms with E-state index in [-0.39, 0.29) is 6.03 Å². The minimum atomic E-state index is -0.189. The Morgan fingerprint density at radius 1 is 1.07 bits per heavy atom. The number of nitrogens with one attached hydrogen (secondary N) is 2. The number of fused-ring (bicyclic) bond motifs is 2. The lowest BCUT2D eigenvalue weighted by Gasteiger charge is -2.18. The van der Waals surface area contributed by atoms with Crippen molar-refractivity contribution in [3.63, 3.8) is 0 Å². The fourth-order valence-corrected chi connectivity index (χ4v) is 3.96. The largest absolute Gasteiger partial charge is 0.457 e. The predicted octanol–water partition coefficient (Wildman–Crippen LogP) is 5.21. The normalized spacial score (nSPS) is 23.2. The van der Waals surface area contributed by atoms with Crippen molar-refractivity contribution in [2.45, 2.75) is 37.9 Å². The number of amides is 2. The molecule has 3 unspecified atom stereocenters. The third kappa shape index (κ3) is 4.73. The van der Waals surface area contributed by atoms with Gasteiger partial charge in [0.25, 0.3) is 0 Å². The van der Waals surface area contributed by atoms with E-state index in [2.05, 4.69) is 10.6 Å². The molecule has 2 aliphatic heterocycles. The molecular weight excluding hydrogens is 364 g/mol. The third-order valence-corrected chi connectivity index (χ3v) is 5.45. The molecular formula is C21H23ClN2O3. The first-order chi connectivity index (χ1) is 13.2. The van der Waals surface area contributed by atoms with Gasteiger partial charge in [-0.1, -0.05) is 11.6 Å². The number of benzene rings is 2. The molecule has 2 fully saturated rings.